The summed E-state index contributed by atoms with van der Waals surface area (Å²) in [7, 11) is 0. The fourth-order valence-electron chi connectivity index (χ4n) is 1.92. The molecule has 0 radical (unpaired) electrons. The fourth-order valence-corrected chi connectivity index (χ4v) is 2.68. The third-order valence-corrected chi connectivity index (χ3v) is 3.67. The molecule has 0 saturated heterocycles. The minimum absolute atomic E-state index is 0.0102. The van der Waals surface area contributed by atoms with Crippen LogP contribution in [-0.4, -0.2) is 14.7 Å². The molecular formula is C11H12N2O2S. The van der Waals surface area contributed by atoms with E-state index in [2.05, 4.69) is 21.0 Å². The van der Waals surface area contributed by atoms with Crippen molar-refractivity contribution in [2.45, 2.75) is 25.9 Å². The van der Waals surface area contributed by atoms with Gasteiger partial charge in [-0.15, -0.1) is 11.3 Å². The number of aliphatic hydroxyl groups excluding tert-OH is 1. The summed E-state index contributed by atoms with van der Waals surface area (Å²) < 4.78 is 7.82. The molecule has 2 aromatic rings. The lowest BCUT2D eigenvalue weighted by atomic mass is 10.2. The van der Waals surface area contributed by atoms with Gasteiger partial charge in [-0.25, -0.2) is 4.98 Å². The maximum Gasteiger partial charge on any atom is 0.135 e. The lowest BCUT2D eigenvalue weighted by Gasteiger charge is -2.23. The first-order valence-corrected chi connectivity index (χ1v) is 6.05. The van der Waals surface area contributed by atoms with Gasteiger partial charge in [0.15, 0.2) is 0 Å². The zero-order chi connectivity index (χ0) is 11.0. The molecule has 0 bridgehead atoms. The third-order valence-electron chi connectivity index (χ3n) is 2.71. The summed E-state index contributed by atoms with van der Waals surface area (Å²) in [6, 6.07) is 4.12. The van der Waals surface area contributed by atoms with Crippen molar-refractivity contribution in [3.05, 3.63) is 40.1 Å². The molecule has 4 nitrogen and oxygen atoms in total. The zero-order valence-electron chi connectivity index (χ0n) is 8.67. The van der Waals surface area contributed by atoms with Crippen molar-refractivity contribution < 1.29 is 9.84 Å². The van der Waals surface area contributed by atoms with E-state index in [0.717, 1.165) is 12.4 Å². The minimum atomic E-state index is -0.0102. The second-order valence-electron chi connectivity index (χ2n) is 3.77. The zero-order valence-corrected chi connectivity index (χ0v) is 9.48. The summed E-state index contributed by atoms with van der Waals surface area (Å²) >= 11 is 1.71. The summed E-state index contributed by atoms with van der Waals surface area (Å²) in [5.74, 6) is 0.900. The van der Waals surface area contributed by atoms with E-state index >= 15 is 0 Å². The highest BCUT2D eigenvalue weighted by Gasteiger charge is 2.22. The van der Waals surface area contributed by atoms with Gasteiger partial charge in [-0.2, -0.15) is 0 Å². The Hall–Kier alpha value is -1.17. The summed E-state index contributed by atoms with van der Waals surface area (Å²) in [4.78, 5) is 5.52. The predicted octanol–water partition coefficient (Wildman–Crippen LogP) is 1.71. The second kappa shape index (κ2) is 4.01. The summed E-state index contributed by atoms with van der Waals surface area (Å²) in [5, 5.41) is 11.1. The topological polar surface area (TPSA) is 47.3 Å². The SMILES string of the molecule is OCc1cn2c(n1)COC(c1cccs1)C2. The van der Waals surface area contributed by atoms with Gasteiger partial charge in [0.05, 0.1) is 18.8 Å². The quantitative estimate of drug-likeness (QED) is 0.863. The lowest BCUT2D eigenvalue weighted by molar-refractivity contribution is 0.00267. The molecule has 1 N–H and O–H groups in total. The summed E-state index contributed by atoms with van der Waals surface area (Å²) in [6.07, 6.45) is 2.02. The molecule has 0 saturated carbocycles. The number of thiophene rings is 1. The molecule has 0 amide bonds. The number of hydrogen-bond donors (Lipinski definition) is 1. The smallest absolute Gasteiger partial charge is 0.135 e. The van der Waals surface area contributed by atoms with Gasteiger partial charge in [-0.05, 0) is 11.4 Å². The van der Waals surface area contributed by atoms with Crippen molar-refractivity contribution >= 4 is 11.3 Å². The number of aliphatic hydroxyl groups is 1. The van der Waals surface area contributed by atoms with E-state index in [4.69, 9.17) is 9.84 Å². The van der Waals surface area contributed by atoms with Crippen LogP contribution in [0.3, 0.4) is 0 Å². The standard InChI is InChI=1S/C11H12N2O2S/c14-6-8-4-13-5-9(10-2-1-3-16-10)15-7-11(13)12-8/h1-4,9,14H,5-7H2. The number of ether oxygens (including phenoxy) is 1. The van der Waals surface area contributed by atoms with E-state index in [1.165, 1.54) is 4.88 Å². The van der Waals surface area contributed by atoms with Crippen molar-refractivity contribution in [1.82, 2.24) is 9.55 Å². The van der Waals surface area contributed by atoms with Crippen molar-refractivity contribution in [1.29, 1.82) is 0 Å². The van der Waals surface area contributed by atoms with Crippen LogP contribution >= 0.6 is 11.3 Å². The van der Waals surface area contributed by atoms with E-state index in [1.54, 1.807) is 11.3 Å². The highest BCUT2D eigenvalue weighted by molar-refractivity contribution is 7.10. The molecule has 1 atom stereocenters. The van der Waals surface area contributed by atoms with Crippen LogP contribution in [0.15, 0.2) is 23.7 Å². The summed E-state index contributed by atoms with van der Waals surface area (Å²) in [5.41, 5.74) is 0.713. The Bertz CT molecular complexity index is 478. The number of fused-ring (bicyclic) bond motifs is 1. The number of aromatic nitrogens is 2. The van der Waals surface area contributed by atoms with Crippen LogP contribution in [-0.2, 0) is 24.5 Å². The van der Waals surface area contributed by atoms with Gasteiger partial charge in [0, 0.05) is 11.1 Å². The molecule has 1 aliphatic rings. The number of rotatable bonds is 2. The predicted molar refractivity (Wildman–Crippen MR) is 60.0 cm³/mol. The number of imidazole rings is 1. The monoisotopic (exact) mass is 236 g/mol. The minimum Gasteiger partial charge on any atom is -0.390 e. The molecule has 16 heavy (non-hydrogen) atoms. The van der Waals surface area contributed by atoms with Gasteiger partial charge in [-0.3, -0.25) is 0 Å². The molecular weight excluding hydrogens is 224 g/mol. The van der Waals surface area contributed by atoms with Crippen LogP contribution in [0.25, 0.3) is 0 Å². The Kier molecular flexibility index (Phi) is 2.51. The molecule has 84 valence electrons. The molecule has 0 spiro atoms. The molecule has 1 unspecified atom stereocenters. The lowest BCUT2D eigenvalue weighted by Crippen LogP contribution is -2.20. The van der Waals surface area contributed by atoms with Gasteiger partial charge in [0.1, 0.15) is 18.5 Å². The van der Waals surface area contributed by atoms with Crippen molar-refractivity contribution in [2.75, 3.05) is 0 Å². The van der Waals surface area contributed by atoms with E-state index in [0.29, 0.717) is 12.3 Å². The molecule has 5 heteroatoms. The van der Waals surface area contributed by atoms with Crippen LogP contribution in [0.2, 0.25) is 0 Å². The Labute approximate surface area is 97.1 Å². The van der Waals surface area contributed by atoms with E-state index in [-0.39, 0.29) is 12.7 Å². The Morgan fingerprint density at radius 2 is 2.56 bits per heavy atom. The Morgan fingerprint density at radius 3 is 3.31 bits per heavy atom. The van der Waals surface area contributed by atoms with E-state index < -0.39 is 0 Å². The first-order chi connectivity index (χ1) is 7.86. The molecule has 3 heterocycles. The molecule has 3 rings (SSSR count). The Morgan fingerprint density at radius 1 is 1.62 bits per heavy atom. The highest BCUT2D eigenvalue weighted by atomic mass is 32.1. The van der Waals surface area contributed by atoms with Crippen LogP contribution in [0.4, 0.5) is 0 Å². The Balaban J connectivity index is 1.85. The highest BCUT2D eigenvalue weighted by Crippen LogP contribution is 2.29. The third kappa shape index (κ3) is 1.67. The fraction of sp³-hybridized carbons (Fsp3) is 0.364. The molecule has 0 fully saturated rings. The van der Waals surface area contributed by atoms with Gasteiger partial charge in [-0.1, -0.05) is 6.07 Å². The van der Waals surface area contributed by atoms with E-state index in [1.807, 2.05) is 12.3 Å². The maximum absolute atomic E-state index is 9.02. The molecule has 1 aliphatic heterocycles. The first-order valence-electron chi connectivity index (χ1n) is 5.17. The van der Waals surface area contributed by atoms with E-state index in [9.17, 15) is 0 Å². The normalized spacial score (nSPS) is 19.7. The van der Waals surface area contributed by atoms with Crippen molar-refractivity contribution in [3.63, 3.8) is 0 Å². The number of hydrogen-bond acceptors (Lipinski definition) is 4. The number of nitrogens with zero attached hydrogens (tertiary/aromatic N) is 2. The average Bonchev–Trinajstić information content (AvgIpc) is 2.96. The van der Waals surface area contributed by atoms with Crippen LogP contribution in [0.1, 0.15) is 22.5 Å². The first kappa shape index (κ1) is 10.0. The van der Waals surface area contributed by atoms with Crippen LogP contribution in [0.5, 0.6) is 0 Å². The molecule has 2 aromatic heterocycles. The van der Waals surface area contributed by atoms with Gasteiger partial charge >= 0.3 is 0 Å². The largest absolute Gasteiger partial charge is 0.390 e. The van der Waals surface area contributed by atoms with Crippen molar-refractivity contribution in [3.8, 4) is 0 Å². The molecule has 0 aliphatic carbocycles. The van der Waals surface area contributed by atoms with Gasteiger partial charge < -0.3 is 14.4 Å². The van der Waals surface area contributed by atoms with Crippen molar-refractivity contribution in [2.24, 2.45) is 0 Å². The maximum atomic E-state index is 9.02. The average molecular weight is 236 g/mol. The molecule has 0 aromatic carbocycles. The van der Waals surface area contributed by atoms with Crippen LogP contribution < -0.4 is 0 Å². The van der Waals surface area contributed by atoms with Crippen LogP contribution in [0, 0.1) is 0 Å². The second-order valence-corrected chi connectivity index (χ2v) is 4.75. The summed E-state index contributed by atoms with van der Waals surface area (Å²) in [6.45, 7) is 1.29. The van der Waals surface area contributed by atoms with Gasteiger partial charge in [0.25, 0.3) is 0 Å². The van der Waals surface area contributed by atoms with Gasteiger partial charge in [0.2, 0.25) is 0 Å².